The number of benzene rings is 1. The van der Waals surface area contributed by atoms with Crippen LogP contribution >= 0.6 is 11.3 Å². The van der Waals surface area contributed by atoms with E-state index in [2.05, 4.69) is 40.6 Å². The molecular weight excluding hydrogens is 360 g/mol. The molecule has 3 rings (SSSR count). The first-order chi connectivity index (χ1) is 12.9. The minimum atomic E-state index is -0.261. The maximum atomic E-state index is 12.9. The predicted molar refractivity (Wildman–Crippen MR) is 108 cm³/mol. The number of amides is 1. The summed E-state index contributed by atoms with van der Waals surface area (Å²) < 4.78 is 10.5. The first-order valence-electron chi connectivity index (χ1n) is 9.26. The fourth-order valence-electron chi connectivity index (χ4n) is 3.22. The van der Waals surface area contributed by atoms with Crippen LogP contribution in [0.3, 0.4) is 0 Å². The summed E-state index contributed by atoms with van der Waals surface area (Å²) in [5.41, 5.74) is 4.84. The third-order valence-electron chi connectivity index (χ3n) is 4.40. The van der Waals surface area contributed by atoms with Crippen molar-refractivity contribution in [3.05, 3.63) is 45.5 Å². The van der Waals surface area contributed by atoms with E-state index in [4.69, 9.17) is 4.74 Å². The van der Waals surface area contributed by atoms with Gasteiger partial charge in [0.1, 0.15) is 5.69 Å². The molecule has 0 bridgehead atoms. The molecule has 0 saturated carbocycles. The van der Waals surface area contributed by atoms with Crippen molar-refractivity contribution in [3.8, 4) is 0 Å². The number of fused-ring (bicyclic) bond motifs is 1. The number of carbonyl (C=O) groups is 1. The highest BCUT2D eigenvalue weighted by Crippen LogP contribution is 2.23. The van der Waals surface area contributed by atoms with Gasteiger partial charge in [-0.1, -0.05) is 17.4 Å². The SMILES string of the molecule is CCOCCn1c(=NC(=O)c2cc(C)nn2CC)sc2c(C)cc(C)cc21. The van der Waals surface area contributed by atoms with Crippen molar-refractivity contribution in [1.82, 2.24) is 14.3 Å². The largest absolute Gasteiger partial charge is 0.380 e. The average Bonchev–Trinajstić information content (AvgIpc) is 3.16. The molecule has 0 aliphatic carbocycles. The maximum absolute atomic E-state index is 12.9. The molecule has 0 radical (unpaired) electrons. The van der Waals surface area contributed by atoms with Gasteiger partial charge in [-0.25, -0.2) is 0 Å². The molecule has 0 saturated heterocycles. The van der Waals surface area contributed by atoms with Gasteiger partial charge in [-0.15, -0.1) is 0 Å². The van der Waals surface area contributed by atoms with Crippen LogP contribution in [0.2, 0.25) is 0 Å². The Balaban J connectivity index is 2.13. The Labute approximate surface area is 163 Å². The lowest BCUT2D eigenvalue weighted by atomic mass is 10.1. The van der Waals surface area contributed by atoms with Gasteiger partial charge in [0.2, 0.25) is 0 Å². The number of nitrogens with zero attached hydrogens (tertiary/aromatic N) is 4. The summed E-state index contributed by atoms with van der Waals surface area (Å²) in [5.74, 6) is -0.261. The molecule has 6 nitrogen and oxygen atoms in total. The summed E-state index contributed by atoms with van der Waals surface area (Å²) in [6, 6.07) is 6.10. The van der Waals surface area contributed by atoms with Crippen LogP contribution < -0.4 is 4.80 Å². The lowest BCUT2D eigenvalue weighted by Crippen LogP contribution is -2.20. The fourth-order valence-corrected chi connectivity index (χ4v) is 4.32. The molecule has 27 heavy (non-hydrogen) atoms. The van der Waals surface area contributed by atoms with E-state index in [1.54, 1.807) is 22.1 Å². The van der Waals surface area contributed by atoms with Crippen molar-refractivity contribution in [2.24, 2.45) is 4.99 Å². The molecule has 1 amide bonds. The van der Waals surface area contributed by atoms with Gasteiger partial charge in [-0.05, 0) is 57.9 Å². The van der Waals surface area contributed by atoms with Crippen molar-refractivity contribution >= 4 is 27.5 Å². The van der Waals surface area contributed by atoms with E-state index >= 15 is 0 Å². The number of rotatable bonds is 6. The van der Waals surface area contributed by atoms with Crippen molar-refractivity contribution in [3.63, 3.8) is 0 Å². The lowest BCUT2D eigenvalue weighted by Gasteiger charge is -2.07. The zero-order valence-electron chi connectivity index (χ0n) is 16.6. The Bertz CT molecular complexity index is 1040. The second kappa shape index (κ2) is 8.19. The van der Waals surface area contributed by atoms with Gasteiger partial charge >= 0.3 is 0 Å². The Morgan fingerprint density at radius 1 is 1.22 bits per heavy atom. The van der Waals surface area contributed by atoms with Crippen molar-refractivity contribution in [1.29, 1.82) is 0 Å². The number of thiazole rings is 1. The molecule has 3 aromatic rings. The summed E-state index contributed by atoms with van der Waals surface area (Å²) in [6.45, 7) is 12.6. The van der Waals surface area contributed by atoms with Crippen LogP contribution in [0.1, 0.15) is 41.2 Å². The molecule has 0 unspecified atom stereocenters. The monoisotopic (exact) mass is 386 g/mol. The summed E-state index contributed by atoms with van der Waals surface area (Å²) in [6.07, 6.45) is 0. The van der Waals surface area contributed by atoms with E-state index in [0.717, 1.165) is 15.9 Å². The number of ether oxygens (including phenoxy) is 1. The molecule has 1 aromatic carbocycles. The quantitative estimate of drug-likeness (QED) is 0.608. The number of carbonyl (C=O) groups excluding carboxylic acids is 1. The number of hydrogen-bond acceptors (Lipinski definition) is 4. The third kappa shape index (κ3) is 4.04. The highest BCUT2D eigenvalue weighted by Gasteiger charge is 2.15. The first-order valence-corrected chi connectivity index (χ1v) is 10.1. The van der Waals surface area contributed by atoms with Crippen molar-refractivity contribution in [2.75, 3.05) is 13.2 Å². The summed E-state index contributed by atoms with van der Waals surface area (Å²) in [5, 5.41) is 4.36. The van der Waals surface area contributed by atoms with E-state index in [-0.39, 0.29) is 5.91 Å². The number of aryl methyl sites for hydroxylation is 4. The highest BCUT2D eigenvalue weighted by molar-refractivity contribution is 7.16. The lowest BCUT2D eigenvalue weighted by molar-refractivity contribution is 0.0986. The summed E-state index contributed by atoms with van der Waals surface area (Å²) in [4.78, 5) is 18.0. The van der Waals surface area contributed by atoms with Crippen LogP contribution in [-0.2, 0) is 17.8 Å². The molecule has 0 N–H and O–H groups in total. The second-order valence-corrected chi connectivity index (χ2v) is 7.54. The molecule has 0 atom stereocenters. The minimum Gasteiger partial charge on any atom is -0.380 e. The first kappa shape index (κ1) is 19.5. The number of aromatic nitrogens is 3. The Morgan fingerprint density at radius 3 is 2.70 bits per heavy atom. The van der Waals surface area contributed by atoms with E-state index < -0.39 is 0 Å². The van der Waals surface area contributed by atoms with Crippen LogP contribution in [-0.4, -0.2) is 33.5 Å². The van der Waals surface area contributed by atoms with Crippen molar-refractivity contribution in [2.45, 2.75) is 47.7 Å². The van der Waals surface area contributed by atoms with Gasteiger partial charge in [0.15, 0.2) is 4.80 Å². The number of hydrogen-bond donors (Lipinski definition) is 0. The van der Waals surface area contributed by atoms with E-state index in [1.165, 1.54) is 11.1 Å². The predicted octanol–water partition coefficient (Wildman–Crippen LogP) is 3.62. The van der Waals surface area contributed by atoms with Crippen LogP contribution in [0.5, 0.6) is 0 Å². The molecular formula is C20H26N4O2S. The van der Waals surface area contributed by atoms with Gasteiger partial charge in [0.25, 0.3) is 5.91 Å². The zero-order valence-corrected chi connectivity index (χ0v) is 17.4. The molecule has 2 heterocycles. The molecule has 0 fully saturated rings. The molecule has 144 valence electrons. The van der Waals surface area contributed by atoms with Crippen LogP contribution in [0.15, 0.2) is 23.2 Å². The summed E-state index contributed by atoms with van der Waals surface area (Å²) in [7, 11) is 0. The fraction of sp³-hybridized carbons (Fsp3) is 0.450. The minimum absolute atomic E-state index is 0.261. The van der Waals surface area contributed by atoms with Crippen LogP contribution in [0, 0.1) is 20.8 Å². The zero-order chi connectivity index (χ0) is 19.6. The smallest absolute Gasteiger partial charge is 0.297 e. The Morgan fingerprint density at radius 2 is 2.00 bits per heavy atom. The van der Waals surface area contributed by atoms with Crippen molar-refractivity contribution < 1.29 is 9.53 Å². The van der Waals surface area contributed by atoms with E-state index in [1.807, 2.05) is 20.8 Å². The molecule has 0 spiro atoms. The normalized spacial score (nSPS) is 12.3. The topological polar surface area (TPSA) is 61.4 Å². The van der Waals surface area contributed by atoms with Crippen LogP contribution in [0.4, 0.5) is 0 Å². The van der Waals surface area contributed by atoms with Gasteiger partial charge in [-0.3, -0.25) is 9.48 Å². The van der Waals surface area contributed by atoms with E-state index in [0.29, 0.717) is 36.8 Å². The molecule has 0 aliphatic heterocycles. The van der Waals surface area contributed by atoms with Crippen LogP contribution in [0.25, 0.3) is 10.2 Å². The van der Waals surface area contributed by atoms with Gasteiger partial charge in [0, 0.05) is 19.7 Å². The van der Waals surface area contributed by atoms with Gasteiger partial charge in [-0.2, -0.15) is 10.1 Å². The second-order valence-electron chi connectivity index (χ2n) is 6.57. The third-order valence-corrected chi connectivity index (χ3v) is 5.63. The Hall–Kier alpha value is -2.25. The standard InChI is InChI=1S/C20H26N4O2S/c1-6-24-17(12-15(5)22-24)19(25)21-20-23(8-9-26-7-2)16-11-13(3)10-14(4)18(16)27-20/h10-12H,6-9H2,1-5H3. The average molecular weight is 387 g/mol. The van der Waals surface area contributed by atoms with Gasteiger partial charge < -0.3 is 9.30 Å². The highest BCUT2D eigenvalue weighted by atomic mass is 32.1. The Kier molecular flexibility index (Phi) is 5.92. The summed E-state index contributed by atoms with van der Waals surface area (Å²) >= 11 is 1.55. The molecule has 0 aliphatic rings. The molecule has 7 heteroatoms. The van der Waals surface area contributed by atoms with Gasteiger partial charge in [0.05, 0.1) is 22.5 Å². The molecule has 2 aromatic heterocycles. The maximum Gasteiger partial charge on any atom is 0.297 e. The van der Waals surface area contributed by atoms with E-state index in [9.17, 15) is 4.79 Å².